The van der Waals surface area contributed by atoms with Crippen LogP contribution in [0.3, 0.4) is 0 Å². The van der Waals surface area contributed by atoms with Gasteiger partial charge in [0.1, 0.15) is 24.7 Å². The molecule has 0 aromatic heterocycles. The minimum absolute atomic E-state index is 0. The topological polar surface area (TPSA) is 116 Å². The molecular formula is C55H169FN2O6. The summed E-state index contributed by atoms with van der Waals surface area (Å²) in [5.41, 5.74) is -0.0614. The maximum absolute atomic E-state index is 13.4. The number of nitrogens with zero attached hydrogens (tertiary/aromatic N) is 1. The molecule has 9 heteroatoms. The van der Waals surface area contributed by atoms with Gasteiger partial charge in [-0.05, 0) is 12.1 Å². The number of aliphatic carboxylic acids is 2. The molecule has 8 nitrogen and oxygen atoms in total. The molecule has 64 heavy (non-hydrogen) atoms. The molecule has 0 radical (unpaired) electrons. The fourth-order valence-electron chi connectivity index (χ4n) is 1.63. The van der Waals surface area contributed by atoms with E-state index in [1.165, 1.54) is 13.1 Å². The molecule has 0 spiro atoms. The van der Waals surface area contributed by atoms with Gasteiger partial charge in [0.05, 0.1) is 5.69 Å². The molecular weight excluding hydrogens is 804 g/mol. The van der Waals surface area contributed by atoms with Gasteiger partial charge in [0.2, 0.25) is 0 Å². The van der Waals surface area contributed by atoms with Crippen molar-refractivity contribution in [3.05, 3.63) is 24.0 Å². The fraction of sp³-hybridized carbons (Fsp3) is 0.836. The van der Waals surface area contributed by atoms with Gasteiger partial charge in [0.25, 0.3) is 5.91 Å². The predicted molar refractivity (Wildman–Crippen MR) is 341 cm³/mol. The standard InChI is InChI=1S/C13H15FN2O6.7C2H6.28CH4/c1-15-11(17)7-22-10-3-2-8(14)4-9(10)16(5-12(18)19)6-13(20)21;7*1-2;;;;;;;;;;;;;;;;;;;;;;;;;;;;/h2-4H,5-7H2,1H3,(H,15,17)(H,18,19)(H,20,21);7*1-2H3;28*1H4. The van der Waals surface area contributed by atoms with E-state index in [0.29, 0.717) is 0 Å². The lowest BCUT2D eigenvalue weighted by molar-refractivity contribution is -0.136. The molecule has 0 heterocycles. The number of likely N-dealkylation sites (N-methyl/N-ethyl adjacent to an activating group) is 1. The lowest BCUT2D eigenvalue weighted by Crippen LogP contribution is -2.35. The Hall–Kier alpha value is -2.84. The van der Waals surface area contributed by atoms with Crippen LogP contribution in [0.15, 0.2) is 18.2 Å². The van der Waals surface area contributed by atoms with E-state index in [4.69, 9.17) is 14.9 Å². The van der Waals surface area contributed by atoms with Gasteiger partial charge in [-0.15, -0.1) is 0 Å². The van der Waals surface area contributed by atoms with Crippen molar-refractivity contribution in [1.29, 1.82) is 0 Å². The molecule has 0 fully saturated rings. The molecule has 1 aromatic rings. The average molecular weight is 974 g/mol. The third-order valence-electron chi connectivity index (χ3n) is 2.55. The van der Waals surface area contributed by atoms with Crippen LogP contribution >= 0.6 is 0 Å². The molecule has 0 saturated carbocycles. The number of benzene rings is 1. The van der Waals surface area contributed by atoms with Crippen LogP contribution in [-0.2, 0) is 14.4 Å². The zero-order chi connectivity index (χ0) is 30.7. The van der Waals surface area contributed by atoms with Crippen LogP contribution in [0.25, 0.3) is 0 Å². The Morgan fingerprint density at radius 1 is 0.453 bits per heavy atom. The summed E-state index contributed by atoms with van der Waals surface area (Å²) in [4.78, 5) is 33.8. The molecule has 0 aliphatic carbocycles. The summed E-state index contributed by atoms with van der Waals surface area (Å²) in [6.07, 6.45) is 0. The van der Waals surface area contributed by atoms with Gasteiger partial charge in [-0.2, -0.15) is 0 Å². The van der Waals surface area contributed by atoms with Crippen LogP contribution in [-0.4, -0.2) is 54.8 Å². The van der Waals surface area contributed by atoms with E-state index in [1.54, 1.807) is 0 Å². The van der Waals surface area contributed by atoms with E-state index in [2.05, 4.69) is 5.32 Å². The number of halogens is 1. The number of carbonyl (C=O) groups is 3. The maximum atomic E-state index is 13.4. The maximum Gasteiger partial charge on any atom is 0.323 e. The Labute approximate surface area is 427 Å². The number of carboxylic acids is 2. The third-order valence-corrected chi connectivity index (χ3v) is 2.55. The largest absolute Gasteiger partial charge is 0.482 e. The van der Waals surface area contributed by atoms with E-state index >= 15 is 0 Å². The van der Waals surface area contributed by atoms with Crippen LogP contribution in [0.1, 0.15) is 305 Å². The van der Waals surface area contributed by atoms with Gasteiger partial charge in [0, 0.05) is 13.1 Å². The van der Waals surface area contributed by atoms with Crippen molar-refractivity contribution < 1.29 is 33.7 Å². The SMILES string of the molecule is C.C.C.C.C.C.C.C.C.C.C.C.C.C.C.C.C.C.C.C.C.C.C.C.C.C.C.C.CC.CC.CC.CC.CC.CC.CC.CNC(=O)COc1ccc(F)cc1N(CC(=O)O)CC(=O)O. The normalized spacial score (nSPS) is 4.06. The van der Waals surface area contributed by atoms with Gasteiger partial charge < -0.3 is 25.2 Å². The number of amides is 1. The minimum atomic E-state index is -1.29. The highest BCUT2D eigenvalue weighted by Gasteiger charge is 2.19. The Morgan fingerprint density at radius 3 is 0.828 bits per heavy atom. The molecule has 442 valence electrons. The summed E-state index contributed by atoms with van der Waals surface area (Å²) in [5.74, 6) is -3.71. The lowest BCUT2D eigenvalue weighted by atomic mass is 10.2. The van der Waals surface area contributed by atoms with E-state index in [9.17, 15) is 18.8 Å². The first-order valence-electron chi connectivity index (χ1n) is 13.1. The number of carbonyl (C=O) groups excluding carboxylic acids is 1. The van der Waals surface area contributed by atoms with Crippen LogP contribution in [0.5, 0.6) is 5.75 Å². The monoisotopic (exact) mass is 973 g/mol. The molecule has 0 aliphatic rings. The summed E-state index contributed by atoms with van der Waals surface area (Å²) in [6.45, 7) is 26.3. The van der Waals surface area contributed by atoms with Crippen LogP contribution in [0.4, 0.5) is 10.1 Å². The quantitative estimate of drug-likeness (QED) is 0.238. The number of hydrogen-bond acceptors (Lipinski definition) is 5. The van der Waals surface area contributed by atoms with Crippen LogP contribution in [0.2, 0.25) is 0 Å². The number of anilines is 1. The number of hydrogen-bond donors (Lipinski definition) is 3. The summed E-state index contributed by atoms with van der Waals surface area (Å²) in [7, 11) is 1.40. The zero-order valence-electron chi connectivity index (χ0n) is 25.7. The molecule has 3 N–H and O–H groups in total. The molecule has 1 amide bonds. The summed E-state index contributed by atoms with van der Waals surface area (Å²) < 4.78 is 18.6. The van der Waals surface area contributed by atoms with E-state index in [-0.39, 0.29) is 226 Å². The molecule has 0 unspecified atom stereocenters. The van der Waals surface area contributed by atoms with E-state index < -0.39 is 36.8 Å². The molecule has 0 saturated heterocycles. The second-order valence-electron chi connectivity index (χ2n) is 4.22. The van der Waals surface area contributed by atoms with Crippen molar-refractivity contribution in [2.75, 3.05) is 31.6 Å². The summed E-state index contributed by atoms with van der Waals surface area (Å²) in [5, 5.41) is 20.0. The predicted octanol–water partition coefficient (Wildman–Crippen LogP) is 24.9. The van der Waals surface area contributed by atoms with E-state index in [0.717, 1.165) is 17.0 Å². The van der Waals surface area contributed by atoms with Crippen molar-refractivity contribution in [2.45, 2.75) is 305 Å². The second-order valence-corrected chi connectivity index (χ2v) is 4.22. The molecule has 0 aliphatic heterocycles. The summed E-state index contributed by atoms with van der Waals surface area (Å²) >= 11 is 0. The first kappa shape index (κ1) is 323. The van der Waals surface area contributed by atoms with E-state index in [1.807, 2.05) is 96.9 Å². The minimum Gasteiger partial charge on any atom is -0.482 e. The van der Waals surface area contributed by atoms with Gasteiger partial charge in [0.15, 0.2) is 6.61 Å². The van der Waals surface area contributed by atoms with Crippen LogP contribution in [0, 0.1) is 5.82 Å². The Kier molecular flexibility index (Phi) is 1550. The second kappa shape index (κ2) is 308. The number of nitrogens with one attached hydrogen (secondary N) is 1. The van der Waals surface area contributed by atoms with Gasteiger partial charge in [-0.25, -0.2) is 4.39 Å². The first-order chi connectivity index (χ1) is 17.3. The molecule has 1 rings (SSSR count). The average Bonchev–Trinajstić information content (AvgIpc) is 2.94. The lowest BCUT2D eigenvalue weighted by Gasteiger charge is -2.23. The highest BCUT2D eigenvalue weighted by Crippen LogP contribution is 2.29. The Morgan fingerprint density at radius 2 is 0.656 bits per heavy atom. The van der Waals surface area contributed by atoms with Crippen molar-refractivity contribution in [3.63, 3.8) is 0 Å². The van der Waals surface area contributed by atoms with Crippen molar-refractivity contribution >= 4 is 23.5 Å². The summed E-state index contributed by atoms with van der Waals surface area (Å²) in [6, 6.07) is 3.21. The highest BCUT2D eigenvalue weighted by atomic mass is 19.1. The molecule has 0 bridgehead atoms. The number of ether oxygens (including phenoxy) is 1. The van der Waals surface area contributed by atoms with Gasteiger partial charge >= 0.3 is 11.9 Å². The Bertz CT molecular complexity index is 578. The highest BCUT2D eigenvalue weighted by molar-refractivity contribution is 5.81. The van der Waals surface area contributed by atoms with Crippen LogP contribution < -0.4 is 15.0 Å². The first-order valence-corrected chi connectivity index (χ1v) is 13.1. The van der Waals surface area contributed by atoms with Gasteiger partial charge in [-0.1, -0.05) is 305 Å². The van der Waals surface area contributed by atoms with Crippen molar-refractivity contribution in [3.8, 4) is 5.75 Å². The smallest absolute Gasteiger partial charge is 0.323 e. The Balaban J connectivity index is -0.00000000560. The number of rotatable bonds is 8. The van der Waals surface area contributed by atoms with Gasteiger partial charge in [-0.3, -0.25) is 14.4 Å². The third kappa shape index (κ3) is 235. The van der Waals surface area contributed by atoms with Crippen molar-refractivity contribution in [1.82, 2.24) is 5.32 Å². The number of carboxylic acid groups (broad SMARTS) is 2. The molecule has 1 aromatic carbocycles. The fourth-order valence-corrected chi connectivity index (χ4v) is 1.63. The molecule has 0 atom stereocenters. The zero-order valence-corrected chi connectivity index (χ0v) is 25.7. The van der Waals surface area contributed by atoms with Crippen molar-refractivity contribution in [2.24, 2.45) is 0 Å².